The standard InChI is InChI=1S/C15H22FNO3/c1-3-8-15(2,19)11-17-14(18)7-9-20-13-6-4-5-12(16)10-13/h4-6,10,19H,3,7-9,11H2,1-2H3,(H,17,18). The summed E-state index contributed by atoms with van der Waals surface area (Å²) < 4.78 is 18.2. The van der Waals surface area contributed by atoms with Gasteiger partial charge in [0.1, 0.15) is 11.6 Å². The summed E-state index contributed by atoms with van der Waals surface area (Å²) in [5.41, 5.74) is -0.881. The third kappa shape index (κ3) is 6.52. The van der Waals surface area contributed by atoms with Gasteiger partial charge >= 0.3 is 0 Å². The summed E-state index contributed by atoms with van der Waals surface area (Å²) in [7, 11) is 0. The average Bonchev–Trinajstić information content (AvgIpc) is 2.37. The molecule has 0 aliphatic heterocycles. The molecule has 0 radical (unpaired) electrons. The highest BCUT2D eigenvalue weighted by atomic mass is 19.1. The molecule has 1 aromatic rings. The van der Waals surface area contributed by atoms with Crippen LogP contribution in [0.4, 0.5) is 4.39 Å². The molecule has 0 fully saturated rings. The van der Waals surface area contributed by atoms with E-state index in [0.29, 0.717) is 12.2 Å². The zero-order valence-corrected chi connectivity index (χ0v) is 12.0. The van der Waals surface area contributed by atoms with Crippen LogP contribution in [0.3, 0.4) is 0 Å². The molecule has 5 heteroatoms. The normalized spacial score (nSPS) is 13.6. The summed E-state index contributed by atoms with van der Waals surface area (Å²) in [6, 6.07) is 5.78. The van der Waals surface area contributed by atoms with Crippen molar-refractivity contribution >= 4 is 5.91 Å². The van der Waals surface area contributed by atoms with Crippen molar-refractivity contribution < 1.29 is 19.0 Å². The van der Waals surface area contributed by atoms with Gasteiger partial charge < -0.3 is 15.2 Å². The lowest BCUT2D eigenvalue weighted by Gasteiger charge is -2.22. The predicted molar refractivity (Wildman–Crippen MR) is 75.1 cm³/mol. The van der Waals surface area contributed by atoms with Crippen LogP contribution in [-0.4, -0.2) is 29.8 Å². The Morgan fingerprint density at radius 1 is 1.50 bits per heavy atom. The van der Waals surface area contributed by atoms with Gasteiger partial charge in [-0.2, -0.15) is 0 Å². The van der Waals surface area contributed by atoms with Crippen LogP contribution >= 0.6 is 0 Å². The van der Waals surface area contributed by atoms with Crippen molar-refractivity contribution in [2.75, 3.05) is 13.2 Å². The first-order valence-corrected chi connectivity index (χ1v) is 6.80. The molecule has 112 valence electrons. The maximum atomic E-state index is 12.9. The Balaban J connectivity index is 2.23. The van der Waals surface area contributed by atoms with Gasteiger partial charge in [-0.05, 0) is 25.5 Å². The first-order valence-electron chi connectivity index (χ1n) is 6.80. The van der Waals surface area contributed by atoms with E-state index >= 15 is 0 Å². The summed E-state index contributed by atoms with van der Waals surface area (Å²) >= 11 is 0. The van der Waals surface area contributed by atoms with E-state index in [2.05, 4.69) is 5.32 Å². The van der Waals surface area contributed by atoms with E-state index in [1.165, 1.54) is 12.1 Å². The molecule has 0 spiro atoms. The third-order valence-corrected chi connectivity index (χ3v) is 2.85. The van der Waals surface area contributed by atoms with Gasteiger partial charge in [-0.25, -0.2) is 4.39 Å². The fourth-order valence-corrected chi connectivity index (χ4v) is 1.82. The predicted octanol–water partition coefficient (Wildman–Crippen LogP) is 2.26. The average molecular weight is 283 g/mol. The number of carbonyl (C=O) groups is 1. The Kier molecular flexibility index (Phi) is 6.45. The molecule has 0 heterocycles. The molecule has 1 amide bonds. The van der Waals surface area contributed by atoms with Crippen molar-refractivity contribution in [3.05, 3.63) is 30.1 Å². The van der Waals surface area contributed by atoms with Gasteiger partial charge in [-0.3, -0.25) is 4.79 Å². The minimum Gasteiger partial charge on any atom is -0.493 e. The second kappa shape index (κ2) is 7.85. The number of aliphatic hydroxyl groups is 1. The maximum absolute atomic E-state index is 12.9. The van der Waals surface area contributed by atoms with Gasteiger partial charge in [0, 0.05) is 12.6 Å². The van der Waals surface area contributed by atoms with Gasteiger partial charge in [0.05, 0.1) is 18.6 Å². The topological polar surface area (TPSA) is 58.6 Å². The highest BCUT2D eigenvalue weighted by Gasteiger charge is 2.19. The molecule has 2 N–H and O–H groups in total. The lowest BCUT2D eigenvalue weighted by Crippen LogP contribution is -2.40. The summed E-state index contributed by atoms with van der Waals surface area (Å²) in [6.07, 6.45) is 1.65. The van der Waals surface area contributed by atoms with Crippen LogP contribution < -0.4 is 10.1 Å². The number of amides is 1. The molecule has 4 nitrogen and oxygen atoms in total. The number of carbonyl (C=O) groups excluding carboxylic acids is 1. The van der Waals surface area contributed by atoms with Crippen molar-refractivity contribution in [1.29, 1.82) is 0 Å². The fraction of sp³-hybridized carbons (Fsp3) is 0.533. The van der Waals surface area contributed by atoms with Crippen molar-refractivity contribution in [3.63, 3.8) is 0 Å². The van der Waals surface area contributed by atoms with Crippen molar-refractivity contribution in [2.24, 2.45) is 0 Å². The summed E-state index contributed by atoms with van der Waals surface area (Å²) in [6.45, 7) is 4.06. The molecule has 0 bridgehead atoms. The minimum atomic E-state index is -0.881. The second-order valence-electron chi connectivity index (χ2n) is 5.08. The molecule has 0 aliphatic rings. The van der Waals surface area contributed by atoms with E-state index in [1.54, 1.807) is 19.1 Å². The molecule has 0 saturated heterocycles. The van der Waals surface area contributed by atoms with E-state index in [0.717, 1.165) is 6.42 Å². The number of hydrogen-bond donors (Lipinski definition) is 2. The number of nitrogens with one attached hydrogen (secondary N) is 1. The number of hydrogen-bond acceptors (Lipinski definition) is 3. The first-order chi connectivity index (χ1) is 9.43. The summed E-state index contributed by atoms with van der Waals surface area (Å²) in [4.78, 5) is 11.6. The zero-order chi connectivity index (χ0) is 15.0. The van der Waals surface area contributed by atoms with E-state index in [4.69, 9.17) is 4.74 Å². The van der Waals surface area contributed by atoms with E-state index in [1.807, 2.05) is 6.92 Å². The molecule has 0 aliphatic carbocycles. The van der Waals surface area contributed by atoms with Crippen LogP contribution in [0.15, 0.2) is 24.3 Å². The van der Waals surface area contributed by atoms with E-state index in [-0.39, 0.29) is 31.3 Å². The largest absolute Gasteiger partial charge is 0.493 e. The number of ether oxygens (including phenoxy) is 1. The Labute approximate surface area is 119 Å². The van der Waals surface area contributed by atoms with Crippen LogP contribution in [0, 0.1) is 5.82 Å². The van der Waals surface area contributed by atoms with Gasteiger partial charge in [0.25, 0.3) is 0 Å². The molecular weight excluding hydrogens is 261 g/mol. The molecule has 1 atom stereocenters. The quantitative estimate of drug-likeness (QED) is 0.769. The minimum absolute atomic E-state index is 0.165. The van der Waals surface area contributed by atoms with Crippen LogP contribution in [0.25, 0.3) is 0 Å². The van der Waals surface area contributed by atoms with E-state index in [9.17, 15) is 14.3 Å². The lowest BCUT2D eigenvalue weighted by atomic mass is 10.0. The highest BCUT2D eigenvalue weighted by Crippen LogP contribution is 2.12. The zero-order valence-electron chi connectivity index (χ0n) is 12.0. The van der Waals surface area contributed by atoms with Gasteiger partial charge in [-0.1, -0.05) is 19.4 Å². The molecule has 1 rings (SSSR count). The van der Waals surface area contributed by atoms with Crippen molar-refractivity contribution in [1.82, 2.24) is 5.32 Å². The molecular formula is C15H22FNO3. The van der Waals surface area contributed by atoms with Gasteiger partial charge in [0.2, 0.25) is 5.91 Å². The Bertz CT molecular complexity index is 435. The highest BCUT2D eigenvalue weighted by molar-refractivity contribution is 5.76. The molecule has 20 heavy (non-hydrogen) atoms. The lowest BCUT2D eigenvalue weighted by molar-refractivity contribution is -0.122. The first kappa shape index (κ1) is 16.4. The molecule has 0 saturated carbocycles. The van der Waals surface area contributed by atoms with Crippen LogP contribution in [0.2, 0.25) is 0 Å². The monoisotopic (exact) mass is 283 g/mol. The molecule has 1 aromatic carbocycles. The van der Waals surface area contributed by atoms with Gasteiger partial charge in [-0.15, -0.1) is 0 Å². The Hall–Kier alpha value is -1.62. The summed E-state index contributed by atoms with van der Waals surface area (Å²) in [5, 5.41) is 12.6. The van der Waals surface area contributed by atoms with E-state index < -0.39 is 5.60 Å². The maximum Gasteiger partial charge on any atom is 0.223 e. The number of rotatable bonds is 8. The van der Waals surface area contributed by atoms with Crippen molar-refractivity contribution in [3.8, 4) is 5.75 Å². The Morgan fingerprint density at radius 3 is 2.90 bits per heavy atom. The fourth-order valence-electron chi connectivity index (χ4n) is 1.82. The second-order valence-corrected chi connectivity index (χ2v) is 5.08. The smallest absolute Gasteiger partial charge is 0.223 e. The van der Waals surface area contributed by atoms with Crippen molar-refractivity contribution in [2.45, 2.75) is 38.7 Å². The van der Waals surface area contributed by atoms with Gasteiger partial charge in [0.15, 0.2) is 0 Å². The Morgan fingerprint density at radius 2 is 2.25 bits per heavy atom. The van der Waals surface area contributed by atoms with Crippen LogP contribution in [0.1, 0.15) is 33.1 Å². The number of benzene rings is 1. The summed E-state index contributed by atoms with van der Waals surface area (Å²) in [5.74, 6) is -0.170. The van der Waals surface area contributed by atoms with Crippen LogP contribution in [-0.2, 0) is 4.79 Å². The SMILES string of the molecule is CCCC(C)(O)CNC(=O)CCOc1cccc(F)c1. The van der Waals surface area contributed by atoms with Crippen LogP contribution in [0.5, 0.6) is 5.75 Å². The third-order valence-electron chi connectivity index (χ3n) is 2.85. The molecule has 1 unspecified atom stereocenters. The number of halogens is 1. The molecule has 0 aromatic heterocycles.